The fourth-order valence-corrected chi connectivity index (χ4v) is 0.979. The number of hydrogen-bond donors (Lipinski definition) is 3. The van der Waals surface area contributed by atoms with Crippen LogP contribution in [0.1, 0.15) is 13.8 Å². The van der Waals surface area contributed by atoms with Gasteiger partial charge in [-0.1, -0.05) is 42.5 Å². The van der Waals surface area contributed by atoms with E-state index < -0.39 is 5.97 Å². The summed E-state index contributed by atoms with van der Waals surface area (Å²) in [6.07, 6.45) is 1.56. The smallest absolute Gasteiger partial charge is 0.330 e. The summed E-state index contributed by atoms with van der Waals surface area (Å²) < 4.78 is 0. The number of carboxylic acids is 1. The molecular formula is C17H20O4. The van der Waals surface area contributed by atoms with E-state index in [4.69, 9.17) is 15.3 Å². The standard InChI is InChI=1S/2C6H6O.C5H8O2/c2*7-6-4-2-1-3-5-6;1-3-4(2)5(6)7/h2*1-5,7H;3H,1-2H3,(H,6,7). The van der Waals surface area contributed by atoms with Crippen LogP contribution in [0.5, 0.6) is 11.5 Å². The number of carboxylic acid groups (broad SMARTS) is 1. The van der Waals surface area contributed by atoms with Gasteiger partial charge in [0.1, 0.15) is 11.5 Å². The maximum Gasteiger partial charge on any atom is 0.330 e. The van der Waals surface area contributed by atoms with Crippen LogP contribution in [0.4, 0.5) is 0 Å². The van der Waals surface area contributed by atoms with Crippen molar-refractivity contribution in [2.75, 3.05) is 0 Å². The molecule has 4 nitrogen and oxygen atoms in total. The van der Waals surface area contributed by atoms with Crippen molar-refractivity contribution in [1.29, 1.82) is 0 Å². The van der Waals surface area contributed by atoms with Gasteiger partial charge in [0.25, 0.3) is 0 Å². The van der Waals surface area contributed by atoms with Gasteiger partial charge in [-0.3, -0.25) is 0 Å². The molecule has 2 aromatic carbocycles. The lowest BCUT2D eigenvalue weighted by molar-refractivity contribution is -0.132. The van der Waals surface area contributed by atoms with Crippen molar-refractivity contribution >= 4 is 5.97 Å². The Morgan fingerprint density at radius 1 is 0.857 bits per heavy atom. The molecule has 0 unspecified atom stereocenters. The molecule has 0 fully saturated rings. The zero-order valence-corrected chi connectivity index (χ0v) is 12.1. The zero-order valence-electron chi connectivity index (χ0n) is 12.1. The highest BCUT2D eigenvalue weighted by Gasteiger charge is 1.93. The molecule has 4 heteroatoms. The lowest BCUT2D eigenvalue weighted by atomic mass is 10.3. The average Bonchev–Trinajstić information content (AvgIpc) is 2.49. The Labute approximate surface area is 124 Å². The first kappa shape index (κ1) is 18.2. The largest absolute Gasteiger partial charge is 0.508 e. The molecule has 0 aliphatic rings. The van der Waals surface area contributed by atoms with Crippen LogP contribution in [0.15, 0.2) is 72.3 Å². The summed E-state index contributed by atoms with van der Waals surface area (Å²) in [5.74, 6) is -0.201. The molecule has 0 saturated heterocycles. The Morgan fingerprint density at radius 3 is 1.29 bits per heavy atom. The van der Waals surface area contributed by atoms with Crippen molar-refractivity contribution in [2.24, 2.45) is 0 Å². The topological polar surface area (TPSA) is 77.8 Å². The van der Waals surface area contributed by atoms with Gasteiger partial charge >= 0.3 is 5.97 Å². The number of allylic oxidation sites excluding steroid dienone is 1. The van der Waals surface area contributed by atoms with Crippen LogP contribution in [-0.2, 0) is 4.79 Å². The number of aliphatic carboxylic acids is 1. The third-order valence-corrected chi connectivity index (χ3v) is 2.28. The van der Waals surface area contributed by atoms with Crippen molar-refractivity contribution in [3.05, 3.63) is 72.3 Å². The molecule has 0 aliphatic heterocycles. The molecule has 0 saturated carbocycles. The predicted octanol–water partition coefficient (Wildman–Crippen LogP) is 3.82. The molecule has 2 aromatic rings. The fourth-order valence-electron chi connectivity index (χ4n) is 0.979. The Morgan fingerprint density at radius 2 is 1.19 bits per heavy atom. The first-order valence-electron chi connectivity index (χ1n) is 6.31. The SMILES string of the molecule is CC=C(C)C(=O)O.Oc1ccccc1.Oc1ccccc1. The van der Waals surface area contributed by atoms with E-state index in [0.717, 1.165) is 0 Å². The number of para-hydroxylation sites is 2. The second-order valence-electron chi connectivity index (χ2n) is 3.95. The number of phenolic OH excluding ortho intramolecular Hbond substituents is 2. The number of aromatic hydroxyl groups is 2. The quantitative estimate of drug-likeness (QED) is 0.697. The summed E-state index contributed by atoms with van der Waals surface area (Å²) in [6.45, 7) is 3.26. The van der Waals surface area contributed by atoms with Crippen LogP contribution in [0.2, 0.25) is 0 Å². The Hall–Kier alpha value is -2.75. The first-order valence-corrected chi connectivity index (χ1v) is 6.31. The molecule has 21 heavy (non-hydrogen) atoms. The Kier molecular flexibility index (Phi) is 9.65. The Bertz CT molecular complexity index is 496. The first-order chi connectivity index (χ1) is 9.97. The minimum absolute atomic E-state index is 0.322. The third kappa shape index (κ3) is 10.8. The van der Waals surface area contributed by atoms with Crippen molar-refractivity contribution in [3.8, 4) is 11.5 Å². The molecule has 0 bridgehead atoms. The van der Waals surface area contributed by atoms with Gasteiger partial charge in [0.2, 0.25) is 0 Å². The number of hydrogen-bond acceptors (Lipinski definition) is 3. The second kappa shape index (κ2) is 11.1. The van der Waals surface area contributed by atoms with Crippen LogP contribution in [0.3, 0.4) is 0 Å². The van der Waals surface area contributed by atoms with Gasteiger partial charge < -0.3 is 15.3 Å². The minimum atomic E-state index is -0.845. The average molecular weight is 288 g/mol. The maximum atomic E-state index is 9.86. The van der Waals surface area contributed by atoms with Gasteiger partial charge in [0.15, 0.2) is 0 Å². The molecule has 0 aliphatic carbocycles. The monoisotopic (exact) mass is 288 g/mol. The van der Waals surface area contributed by atoms with Gasteiger partial charge in [-0.15, -0.1) is 0 Å². The number of benzene rings is 2. The predicted molar refractivity (Wildman–Crippen MR) is 83.3 cm³/mol. The summed E-state index contributed by atoms with van der Waals surface area (Å²) >= 11 is 0. The molecule has 2 rings (SSSR count). The van der Waals surface area contributed by atoms with E-state index in [-0.39, 0.29) is 0 Å². The van der Waals surface area contributed by atoms with Crippen molar-refractivity contribution < 1.29 is 20.1 Å². The second-order valence-corrected chi connectivity index (χ2v) is 3.95. The zero-order chi connectivity index (χ0) is 16.1. The van der Waals surface area contributed by atoms with E-state index in [0.29, 0.717) is 17.1 Å². The van der Waals surface area contributed by atoms with Crippen molar-refractivity contribution in [1.82, 2.24) is 0 Å². The lowest BCUT2D eigenvalue weighted by Gasteiger charge is -1.84. The van der Waals surface area contributed by atoms with Crippen LogP contribution in [0.25, 0.3) is 0 Å². The molecule has 0 spiro atoms. The number of carbonyl (C=O) groups is 1. The molecule has 0 radical (unpaired) electrons. The van der Waals surface area contributed by atoms with Gasteiger partial charge in [-0.25, -0.2) is 4.79 Å². The highest BCUT2D eigenvalue weighted by atomic mass is 16.4. The van der Waals surface area contributed by atoms with Gasteiger partial charge in [0.05, 0.1) is 0 Å². The minimum Gasteiger partial charge on any atom is -0.508 e. The fraction of sp³-hybridized carbons (Fsp3) is 0.118. The van der Waals surface area contributed by atoms with Gasteiger partial charge in [-0.05, 0) is 38.1 Å². The highest BCUT2D eigenvalue weighted by molar-refractivity contribution is 5.85. The molecule has 3 N–H and O–H groups in total. The lowest BCUT2D eigenvalue weighted by Crippen LogP contribution is -1.93. The van der Waals surface area contributed by atoms with Crippen molar-refractivity contribution in [3.63, 3.8) is 0 Å². The molecule has 0 aromatic heterocycles. The summed E-state index contributed by atoms with van der Waals surface area (Å²) in [5.41, 5.74) is 0.389. The molecule has 0 atom stereocenters. The highest BCUT2D eigenvalue weighted by Crippen LogP contribution is 2.03. The normalized spacial score (nSPS) is 9.52. The number of rotatable bonds is 1. The van der Waals surface area contributed by atoms with E-state index in [1.807, 2.05) is 12.1 Å². The van der Waals surface area contributed by atoms with E-state index >= 15 is 0 Å². The van der Waals surface area contributed by atoms with Crippen LogP contribution < -0.4 is 0 Å². The van der Waals surface area contributed by atoms with Crippen LogP contribution >= 0.6 is 0 Å². The molecule has 112 valence electrons. The summed E-state index contributed by atoms with van der Waals surface area (Å²) in [5, 5.41) is 25.4. The van der Waals surface area contributed by atoms with E-state index in [1.165, 1.54) is 0 Å². The molecular weight excluding hydrogens is 268 g/mol. The third-order valence-electron chi connectivity index (χ3n) is 2.28. The summed E-state index contributed by atoms with van der Waals surface area (Å²) in [6, 6.07) is 17.4. The molecule has 0 heterocycles. The van der Waals surface area contributed by atoms with Crippen LogP contribution in [-0.4, -0.2) is 21.3 Å². The van der Waals surface area contributed by atoms with Crippen molar-refractivity contribution in [2.45, 2.75) is 13.8 Å². The van der Waals surface area contributed by atoms with E-state index in [2.05, 4.69) is 0 Å². The van der Waals surface area contributed by atoms with Gasteiger partial charge in [-0.2, -0.15) is 0 Å². The van der Waals surface area contributed by atoms with E-state index in [1.54, 1.807) is 68.5 Å². The molecule has 0 amide bonds. The Balaban J connectivity index is 0.000000286. The van der Waals surface area contributed by atoms with Crippen LogP contribution in [0, 0.1) is 0 Å². The summed E-state index contributed by atoms with van der Waals surface area (Å²) in [4.78, 5) is 9.86. The number of phenols is 2. The maximum absolute atomic E-state index is 9.86. The van der Waals surface area contributed by atoms with E-state index in [9.17, 15) is 4.79 Å². The van der Waals surface area contributed by atoms with Gasteiger partial charge in [0, 0.05) is 5.57 Å². The summed E-state index contributed by atoms with van der Waals surface area (Å²) in [7, 11) is 0.